The molecule has 1 fully saturated rings. The Hall–Kier alpha value is -0.800. The Bertz CT molecular complexity index is 283. The zero-order valence-electron chi connectivity index (χ0n) is 7.87. The smallest absolute Gasteiger partial charge is 0.138 e. The van der Waals surface area contributed by atoms with Gasteiger partial charge < -0.3 is 10.1 Å². The molecule has 0 unspecified atom stereocenters. The van der Waals surface area contributed by atoms with E-state index in [9.17, 15) is 0 Å². The predicted molar refractivity (Wildman–Crippen MR) is 55.8 cm³/mol. The third-order valence-electron chi connectivity index (χ3n) is 2.29. The van der Waals surface area contributed by atoms with Crippen molar-refractivity contribution in [3.8, 4) is 5.75 Å². The van der Waals surface area contributed by atoms with E-state index >= 15 is 0 Å². The van der Waals surface area contributed by atoms with Gasteiger partial charge in [-0.3, -0.25) is 0 Å². The first kappa shape index (κ1) is 9.74. The quantitative estimate of drug-likeness (QED) is 0.760. The van der Waals surface area contributed by atoms with E-state index in [0.717, 1.165) is 31.7 Å². The van der Waals surface area contributed by atoms with Gasteiger partial charge in [-0.05, 0) is 38.1 Å². The lowest BCUT2D eigenvalue weighted by atomic mass is 10.1. The Kier molecular flexibility index (Phi) is 3.22. The molecule has 1 N–H and O–H groups in total. The Morgan fingerprint density at radius 2 is 2.14 bits per heavy atom. The third kappa shape index (κ3) is 2.59. The molecule has 0 saturated carbocycles. The minimum atomic E-state index is 0.319. The van der Waals surface area contributed by atoms with Crippen LogP contribution in [0.1, 0.15) is 12.8 Å². The van der Waals surface area contributed by atoms with E-state index in [1.165, 1.54) is 0 Å². The molecule has 0 aromatic carbocycles. The first-order valence-corrected chi connectivity index (χ1v) is 5.21. The standard InChI is InChI=1S/C10H13ClN2O/c11-10-2-1-9(7-13-10)14-8-3-5-12-6-4-8/h1-2,7-8,12H,3-6H2. The van der Waals surface area contributed by atoms with Crippen LogP contribution in [0.15, 0.2) is 18.3 Å². The van der Waals surface area contributed by atoms with Gasteiger partial charge in [-0.25, -0.2) is 4.98 Å². The molecule has 1 aliphatic rings. The van der Waals surface area contributed by atoms with E-state index < -0.39 is 0 Å². The van der Waals surface area contributed by atoms with Crippen LogP contribution in [0.25, 0.3) is 0 Å². The summed E-state index contributed by atoms with van der Waals surface area (Å²) in [5, 5.41) is 3.80. The zero-order chi connectivity index (χ0) is 9.80. The molecule has 14 heavy (non-hydrogen) atoms. The maximum absolute atomic E-state index is 5.75. The molecule has 0 atom stereocenters. The van der Waals surface area contributed by atoms with Crippen LogP contribution >= 0.6 is 11.6 Å². The van der Waals surface area contributed by atoms with Crippen LogP contribution in [-0.2, 0) is 0 Å². The molecule has 1 aromatic rings. The number of pyridine rings is 1. The minimum absolute atomic E-state index is 0.319. The maximum Gasteiger partial charge on any atom is 0.138 e. The van der Waals surface area contributed by atoms with Gasteiger partial charge in [-0.2, -0.15) is 0 Å². The predicted octanol–water partition coefficient (Wildman–Crippen LogP) is 1.87. The van der Waals surface area contributed by atoms with Gasteiger partial charge in [-0.15, -0.1) is 0 Å². The van der Waals surface area contributed by atoms with Crippen molar-refractivity contribution in [2.24, 2.45) is 0 Å². The van der Waals surface area contributed by atoms with Crippen molar-refractivity contribution in [2.75, 3.05) is 13.1 Å². The summed E-state index contributed by atoms with van der Waals surface area (Å²) in [7, 11) is 0. The SMILES string of the molecule is Clc1ccc(OC2CCNCC2)cn1. The van der Waals surface area contributed by atoms with Crippen LogP contribution in [0.3, 0.4) is 0 Å². The maximum atomic E-state index is 5.75. The lowest BCUT2D eigenvalue weighted by molar-refractivity contribution is 0.162. The van der Waals surface area contributed by atoms with Crippen molar-refractivity contribution < 1.29 is 4.74 Å². The molecule has 1 saturated heterocycles. The summed E-state index contributed by atoms with van der Waals surface area (Å²) in [6, 6.07) is 3.61. The van der Waals surface area contributed by atoms with Crippen LogP contribution in [0, 0.1) is 0 Å². The molecule has 3 nitrogen and oxygen atoms in total. The highest BCUT2D eigenvalue weighted by molar-refractivity contribution is 6.29. The summed E-state index contributed by atoms with van der Waals surface area (Å²) in [6.45, 7) is 2.07. The fraction of sp³-hybridized carbons (Fsp3) is 0.500. The summed E-state index contributed by atoms with van der Waals surface area (Å²) >= 11 is 5.68. The fourth-order valence-corrected chi connectivity index (χ4v) is 1.65. The number of hydrogen-bond acceptors (Lipinski definition) is 3. The van der Waals surface area contributed by atoms with E-state index in [0.29, 0.717) is 11.3 Å². The molecular weight excluding hydrogens is 200 g/mol. The highest BCUT2D eigenvalue weighted by Crippen LogP contribution is 2.16. The average Bonchev–Trinajstić information content (AvgIpc) is 2.23. The van der Waals surface area contributed by atoms with E-state index in [1.54, 1.807) is 12.3 Å². The van der Waals surface area contributed by atoms with E-state index in [1.807, 2.05) is 6.07 Å². The number of piperidine rings is 1. The molecule has 0 radical (unpaired) electrons. The highest BCUT2D eigenvalue weighted by atomic mass is 35.5. The number of hydrogen-bond donors (Lipinski definition) is 1. The van der Waals surface area contributed by atoms with Crippen molar-refractivity contribution in [2.45, 2.75) is 18.9 Å². The van der Waals surface area contributed by atoms with Crippen LogP contribution in [0.5, 0.6) is 5.75 Å². The number of nitrogens with zero attached hydrogens (tertiary/aromatic N) is 1. The molecule has 0 aliphatic carbocycles. The van der Waals surface area contributed by atoms with Gasteiger partial charge >= 0.3 is 0 Å². The number of halogens is 1. The fourth-order valence-electron chi connectivity index (χ4n) is 1.54. The molecule has 2 rings (SSSR count). The van der Waals surface area contributed by atoms with Crippen LogP contribution in [-0.4, -0.2) is 24.2 Å². The van der Waals surface area contributed by atoms with Gasteiger partial charge in [0, 0.05) is 0 Å². The molecular formula is C10H13ClN2O. The van der Waals surface area contributed by atoms with Crippen LogP contribution < -0.4 is 10.1 Å². The van der Waals surface area contributed by atoms with E-state index in [4.69, 9.17) is 16.3 Å². The number of ether oxygens (including phenoxy) is 1. The summed E-state index contributed by atoms with van der Waals surface area (Å²) in [5.74, 6) is 0.807. The number of nitrogens with one attached hydrogen (secondary N) is 1. The van der Waals surface area contributed by atoms with Gasteiger partial charge in [-0.1, -0.05) is 11.6 Å². The lowest BCUT2D eigenvalue weighted by Crippen LogP contribution is -2.34. The summed E-state index contributed by atoms with van der Waals surface area (Å²) < 4.78 is 5.75. The second-order valence-corrected chi connectivity index (χ2v) is 3.77. The van der Waals surface area contributed by atoms with Crippen LogP contribution in [0.2, 0.25) is 5.15 Å². The van der Waals surface area contributed by atoms with Gasteiger partial charge in [0.2, 0.25) is 0 Å². The molecule has 0 spiro atoms. The molecule has 2 heterocycles. The molecule has 0 amide bonds. The largest absolute Gasteiger partial charge is 0.489 e. The normalized spacial score (nSPS) is 18.1. The highest BCUT2D eigenvalue weighted by Gasteiger charge is 2.14. The summed E-state index contributed by atoms with van der Waals surface area (Å²) in [4.78, 5) is 3.97. The van der Waals surface area contributed by atoms with Crippen molar-refractivity contribution in [3.63, 3.8) is 0 Å². The summed E-state index contributed by atoms with van der Waals surface area (Å²) in [6.07, 6.45) is 4.11. The van der Waals surface area contributed by atoms with Gasteiger partial charge in [0.05, 0.1) is 6.20 Å². The topological polar surface area (TPSA) is 34.1 Å². The second kappa shape index (κ2) is 4.62. The number of rotatable bonds is 2. The molecule has 1 aliphatic heterocycles. The molecule has 1 aromatic heterocycles. The Labute approximate surface area is 88.4 Å². The first-order valence-electron chi connectivity index (χ1n) is 4.83. The van der Waals surface area contributed by atoms with Crippen molar-refractivity contribution in [1.82, 2.24) is 10.3 Å². The van der Waals surface area contributed by atoms with E-state index in [-0.39, 0.29) is 0 Å². The Morgan fingerprint density at radius 3 is 2.79 bits per heavy atom. The Balaban J connectivity index is 1.92. The molecule has 0 bridgehead atoms. The van der Waals surface area contributed by atoms with Crippen LogP contribution in [0.4, 0.5) is 0 Å². The zero-order valence-corrected chi connectivity index (χ0v) is 8.63. The first-order chi connectivity index (χ1) is 6.84. The lowest BCUT2D eigenvalue weighted by Gasteiger charge is -2.23. The average molecular weight is 213 g/mol. The van der Waals surface area contributed by atoms with Crippen molar-refractivity contribution in [1.29, 1.82) is 0 Å². The third-order valence-corrected chi connectivity index (χ3v) is 2.51. The van der Waals surface area contributed by atoms with E-state index in [2.05, 4.69) is 10.3 Å². The van der Waals surface area contributed by atoms with Gasteiger partial charge in [0.1, 0.15) is 17.0 Å². The molecule has 4 heteroatoms. The molecule has 76 valence electrons. The summed E-state index contributed by atoms with van der Waals surface area (Å²) in [5.41, 5.74) is 0. The Morgan fingerprint density at radius 1 is 1.36 bits per heavy atom. The minimum Gasteiger partial charge on any atom is -0.489 e. The second-order valence-electron chi connectivity index (χ2n) is 3.38. The van der Waals surface area contributed by atoms with Gasteiger partial charge in [0.15, 0.2) is 0 Å². The van der Waals surface area contributed by atoms with Gasteiger partial charge in [0.25, 0.3) is 0 Å². The van der Waals surface area contributed by atoms with Crippen molar-refractivity contribution in [3.05, 3.63) is 23.5 Å². The number of aromatic nitrogens is 1. The van der Waals surface area contributed by atoms with Crippen molar-refractivity contribution >= 4 is 11.6 Å². The monoisotopic (exact) mass is 212 g/mol.